The van der Waals surface area contributed by atoms with E-state index >= 15 is 0 Å². The molecule has 0 radical (unpaired) electrons. The standard InChI is InChI=1S/C13H17N5O3/c1-3-20-12-9-11(14-2)15-18(16-12)17-13(19)21-10-7-5-4-6-8-10/h4-9,16H,3H2,1-2H3,(H,14,15)(H,17,19). The van der Waals surface area contributed by atoms with E-state index in [2.05, 4.69) is 21.3 Å². The van der Waals surface area contributed by atoms with Crippen LogP contribution in [0.15, 0.2) is 47.3 Å². The third kappa shape index (κ3) is 4.39. The lowest BCUT2D eigenvalue weighted by Gasteiger charge is -2.29. The molecule has 1 aromatic rings. The second-order valence-corrected chi connectivity index (χ2v) is 3.92. The van der Waals surface area contributed by atoms with Gasteiger partial charge in [-0.3, -0.25) is 15.8 Å². The highest BCUT2D eigenvalue weighted by molar-refractivity contribution is 5.93. The van der Waals surface area contributed by atoms with Crippen LogP contribution in [0.1, 0.15) is 6.92 Å². The lowest BCUT2D eigenvalue weighted by atomic mass is 10.3. The van der Waals surface area contributed by atoms with Crippen molar-refractivity contribution < 1.29 is 14.3 Å². The maximum Gasteiger partial charge on any atom is 0.430 e. The molecule has 112 valence electrons. The molecule has 2 rings (SSSR count). The summed E-state index contributed by atoms with van der Waals surface area (Å²) in [7, 11) is 1.62. The van der Waals surface area contributed by atoms with Crippen LogP contribution in [-0.4, -0.2) is 30.8 Å². The summed E-state index contributed by atoms with van der Waals surface area (Å²) in [4.78, 5) is 15.8. The summed E-state index contributed by atoms with van der Waals surface area (Å²) < 4.78 is 10.4. The van der Waals surface area contributed by atoms with E-state index in [1.165, 1.54) is 5.23 Å². The second kappa shape index (κ2) is 7.15. The van der Waals surface area contributed by atoms with Gasteiger partial charge in [0.05, 0.1) is 6.61 Å². The average Bonchev–Trinajstić information content (AvgIpc) is 2.48. The molecule has 1 aromatic carbocycles. The Kier molecular flexibility index (Phi) is 4.99. The number of hydrogen-bond acceptors (Lipinski definition) is 6. The molecule has 1 heterocycles. The lowest BCUT2D eigenvalue weighted by molar-refractivity contribution is 0.0477. The third-order valence-electron chi connectivity index (χ3n) is 2.41. The highest BCUT2D eigenvalue weighted by atomic mass is 16.6. The van der Waals surface area contributed by atoms with E-state index in [1.807, 2.05) is 13.0 Å². The number of nitrogens with zero attached hydrogens (tertiary/aromatic N) is 2. The largest absolute Gasteiger partial charge is 0.478 e. The van der Waals surface area contributed by atoms with Gasteiger partial charge in [0.2, 0.25) is 5.88 Å². The molecule has 0 spiro atoms. The van der Waals surface area contributed by atoms with Gasteiger partial charge in [-0.2, -0.15) is 0 Å². The zero-order chi connectivity index (χ0) is 15.1. The molecule has 0 unspecified atom stereocenters. The van der Waals surface area contributed by atoms with E-state index in [0.29, 0.717) is 24.1 Å². The van der Waals surface area contributed by atoms with Crippen LogP contribution in [0.5, 0.6) is 5.75 Å². The van der Waals surface area contributed by atoms with Crippen molar-refractivity contribution in [2.24, 2.45) is 4.99 Å². The first-order valence-electron chi connectivity index (χ1n) is 6.39. The number of amidine groups is 1. The minimum absolute atomic E-state index is 0.442. The molecule has 1 aliphatic heterocycles. The predicted molar refractivity (Wildman–Crippen MR) is 76.8 cm³/mol. The Morgan fingerprint density at radius 1 is 1.33 bits per heavy atom. The summed E-state index contributed by atoms with van der Waals surface area (Å²) in [5.41, 5.74) is 8.08. The van der Waals surface area contributed by atoms with Gasteiger partial charge >= 0.3 is 6.09 Å². The monoisotopic (exact) mass is 291 g/mol. The molecule has 3 N–H and O–H groups in total. The topological polar surface area (TPSA) is 87.2 Å². The quantitative estimate of drug-likeness (QED) is 0.764. The number of nitrogens with one attached hydrogen (secondary N) is 3. The molecule has 8 nitrogen and oxygen atoms in total. The van der Waals surface area contributed by atoms with Crippen molar-refractivity contribution >= 4 is 11.9 Å². The molecule has 0 aliphatic carbocycles. The lowest BCUT2D eigenvalue weighted by Crippen LogP contribution is -2.62. The first-order valence-corrected chi connectivity index (χ1v) is 6.39. The molecule has 0 saturated carbocycles. The Balaban J connectivity index is 1.93. The molecule has 0 aromatic heterocycles. The Morgan fingerprint density at radius 2 is 2.10 bits per heavy atom. The number of benzene rings is 1. The maximum atomic E-state index is 11.8. The van der Waals surface area contributed by atoms with Gasteiger partial charge in [0, 0.05) is 13.1 Å². The van der Waals surface area contributed by atoms with Crippen molar-refractivity contribution in [2.75, 3.05) is 13.7 Å². The van der Waals surface area contributed by atoms with Crippen LogP contribution in [0.2, 0.25) is 0 Å². The minimum Gasteiger partial charge on any atom is -0.478 e. The second-order valence-electron chi connectivity index (χ2n) is 3.92. The van der Waals surface area contributed by atoms with Crippen LogP contribution in [0.3, 0.4) is 0 Å². The first-order chi connectivity index (χ1) is 10.2. The number of hydrogen-bond donors (Lipinski definition) is 3. The molecule has 8 heteroatoms. The van der Waals surface area contributed by atoms with Crippen molar-refractivity contribution in [1.29, 1.82) is 0 Å². The van der Waals surface area contributed by atoms with Crippen LogP contribution < -0.4 is 21.0 Å². The normalized spacial score (nSPS) is 16.5. The Morgan fingerprint density at radius 3 is 2.76 bits per heavy atom. The van der Waals surface area contributed by atoms with Gasteiger partial charge in [-0.25, -0.2) is 10.2 Å². The summed E-state index contributed by atoms with van der Waals surface area (Å²) in [6, 6.07) is 8.75. The maximum absolute atomic E-state index is 11.8. The van der Waals surface area contributed by atoms with Gasteiger partial charge in [-0.05, 0) is 24.3 Å². The minimum atomic E-state index is -0.658. The molecule has 21 heavy (non-hydrogen) atoms. The van der Waals surface area contributed by atoms with Crippen LogP contribution in [0, 0.1) is 0 Å². The molecular weight excluding hydrogens is 274 g/mol. The number of rotatable bonds is 4. The van der Waals surface area contributed by atoms with Gasteiger partial charge in [-0.15, -0.1) is 0 Å². The zero-order valence-corrected chi connectivity index (χ0v) is 11.8. The van der Waals surface area contributed by atoms with E-state index in [-0.39, 0.29) is 0 Å². The van der Waals surface area contributed by atoms with Gasteiger partial charge in [-0.1, -0.05) is 18.2 Å². The number of carbonyl (C=O) groups excluding carboxylic acids is 1. The summed E-state index contributed by atoms with van der Waals surface area (Å²) in [5.74, 6) is 1.42. The Labute approximate surface area is 122 Å². The van der Waals surface area contributed by atoms with Gasteiger partial charge < -0.3 is 9.47 Å². The van der Waals surface area contributed by atoms with E-state index < -0.39 is 6.09 Å². The van der Waals surface area contributed by atoms with Crippen LogP contribution >= 0.6 is 0 Å². The first kappa shape index (κ1) is 14.7. The molecule has 1 aliphatic rings. The van der Waals surface area contributed by atoms with E-state index in [1.54, 1.807) is 37.4 Å². The number of para-hydroxylation sites is 1. The van der Waals surface area contributed by atoms with E-state index in [9.17, 15) is 4.79 Å². The van der Waals surface area contributed by atoms with E-state index in [4.69, 9.17) is 9.47 Å². The molecule has 0 saturated heterocycles. The highest BCUT2D eigenvalue weighted by Crippen LogP contribution is 2.08. The summed E-state index contributed by atoms with van der Waals surface area (Å²) in [6.07, 6.45) is 1.01. The number of aliphatic imine (C=N–C) groups is 1. The molecule has 0 atom stereocenters. The summed E-state index contributed by atoms with van der Waals surface area (Å²) in [5, 5.41) is 1.21. The smallest absolute Gasteiger partial charge is 0.430 e. The van der Waals surface area contributed by atoms with Crippen molar-refractivity contribution in [2.45, 2.75) is 6.92 Å². The fourth-order valence-electron chi connectivity index (χ4n) is 1.55. The number of carbonyl (C=O) groups is 1. The fraction of sp³-hybridized carbons (Fsp3) is 0.231. The average molecular weight is 291 g/mol. The van der Waals surface area contributed by atoms with Crippen molar-refractivity contribution in [3.05, 3.63) is 42.3 Å². The molecule has 0 fully saturated rings. The van der Waals surface area contributed by atoms with Crippen molar-refractivity contribution in [3.63, 3.8) is 0 Å². The number of amides is 1. The zero-order valence-electron chi connectivity index (χ0n) is 11.8. The molecular formula is C13H17N5O3. The fourth-order valence-corrected chi connectivity index (χ4v) is 1.55. The summed E-state index contributed by atoms with van der Waals surface area (Å²) >= 11 is 0. The number of ether oxygens (including phenoxy) is 2. The Hall–Kier alpha value is -2.74. The van der Waals surface area contributed by atoms with Gasteiger partial charge in [0.15, 0.2) is 0 Å². The third-order valence-corrected chi connectivity index (χ3v) is 2.41. The van der Waals surface area contributed by atoms with Crippen LogP contribution in [0.4, 0.5) is 4.79 Å². The van der Waals surface area contributed by atoms with Crippen molar-refractivity contribution in [1.82, 2.24) is 21.5 Å². The van der Waals surface area contributed by atoms with Crippen molar-refractivity contribution in [3.8, 4) is 5.75 Å². The Bertz CT molecular complexity index is 544. The highest BCUT2D eigenvalue weighted by Gasteiger charge is 2.18. The number of hydrazine groups is 3. The molecule has 0 bridgehead atoms. The van der Waals surface area contributed by atoms with Crippen LogP contribution in [0.25, 0.3) is 0 Å². The summed E-state index contributed by atoms with van der Waals surface area (Å²) in [6.45, 7) is 2.34. The SMILES string of the molecule is CCOC1=CC(=NC)NN(NC(=O)Oc2ccccc2)N1. The van der Waals surface area contributed by atoms with E-state index in [0.717, 1.165) is 0 Å². The molecule has 1 amide bonds. The van der Waals surface area contributed by atoms with Gasteiger partial charge in [0.25, 0.3) is 0 Å². The predicted octanol–water partition coefficient (Wildman–Crippen LogP) is 0.921. The van der Waals surface area contributed by atoms with Crippen LogP contribution in [-0.2, 0) is 4.74 Å². The van der Waals surface area contributed by atoms with Gasteiger partial charge in [0.1, 0.15) is 11.6 Å².